The SMILES string of the molecule is CCCCCNC(=O)C(c1c(C)cccc1C)N(CCCC)C(=O)C(NC(=O)OC(C)(C)C)C(C)CC. The lowest BCUT2D eigenvalue weighted by Gasteiger charge is -2.37. The second-order valence-corrected chi connectivity index (χ2v) is 11.1. The second kappa shape index (κ2) is 15.6. The van der Waals surface area contributed by atoms with Crippen LogP contribution < -0.4 is 10.6 Å². The van der Waals surface area contributed by atoms with Crippen molar-refractivity contribution in [3.8, 4) is 0 Å². The maximum atomic E-state index is 14.2. The summed E-state index contributed by atoms with van der Waals surface area (Å²) in [5, 5.41) is 5.92. The van der Waals surface area contributed by atoms with E-state index in [2.05, 4.69) is 24.5 Å². The van der Waals surface area contributed by atoms with E-state index in [1.807, 2.05) is 45.9 Å². The third-order valence-corrected chi connectivity index (χ3v) is 6.64. The van der Waals surface area contributed by atoms with Crippen LogP contribution in [0.25, 0.3) is 0 Å². The van der Waals surface area contributed by atoms with Crippen LogP contribution in [0.3, 0.4) is 0 Å². The van der Waals surface area contributed by atoms with Crippen molar-refractivity contribution in [2.45, 2.75) is 119 Å². The number of carbonyl (C=O) groups excluding carboxylic acids is 3. The molecular weight excluding hydrogens is 466 g/mol. The maximum absolute atomic E-state index is 14.2. The van der Waals surface area contributed by atoms with E-state index in [0.717, 1.165) is 48.8 Å². The smallest absolute Gasteiger partial charge is 0.408 e. The lowest BCUT2D eigenvalue weighted by molar-refractivity contribution is -0.143. The van der Waals surface area contributed by atoms with Gasteiger partial charge in [0.05, 0.1) is 0 Å². The van der Waals surface area contributed by atoms with E-state index in [9.17, 15) is 14.4 Å². The number of unbranched alkanes of at least 4 members (excludes halogenated alkanes) is 3. The normalized spacial score (nSPS) is 13.9. The first-order valence-corrected chi connectivity index (χ1v) is 14.0. The van der Waals surface area contributed by atoms with Crippen LogP contribution >= 0.6 is 0 Å². The van der Waals surface area contributed by atoms with Gasteiger partial charge in [0.15, 0.2) is 0 Å². The van der Waals surface area contributed by atoms with Gasteiger partial charge < -0.3 is 20.3 Å². The average molecular weight is 518 g/mol. The Labute approximate surface area is 225 Å². The van der Waals surface area contributed by atoms with Crippen molar-refractivity contribution in [1.29, 1.82) is 0 Å². The Morgan fingerprint density at radius 1 is 0.973 bits per heavy atom. The zero-order valence-electron chi connectivity index (χ0n) is 24.7. The number of hydrogen-bond donors (Lipinski definition) is 2. The molecule has 0 saturated heterocycles. The molecular formula is C30H51N3O4. The van der Waals surface area contributed by atoms with Gasteiger partial charge in [-0.3, -0.25) is 9.59 Å². The first kappa shape index (κ1) is 32.5. The molecule has 0 heterocycles. The molecule has 2 N–H and O–H groups in total. The summed E-state index contributed by atoms with van der Waals surface area (Å²) in [7, 11) is 0. The number of amides is 3. The Bertz CT molecular complexity index is 858. The summed E-state index contributed by atoms with van der Waals surface area (Å²) in [4.78, 5) is 42.4. The molecule has 3 unspecified atom stereocenters. The zero-order chi connectivity index (χ0) is 28.2. The van der Waals surface area contributed by atoms with Crippen LogP contribution in [-0.2, 0) is 14.3 Å². The van der Waals surface area contributed by atoms with Crippen molar-refractivity contribution in [3.05, 3.63) is 34.9 Å². The van der Waals surface area contributed by atoms with Crippen LogP contribution in [-0.4, -0.2) is 47.5 Å². The summed E-state index contributed by atoms with van der Waals surface area (Å²) in [6.45, 7) is 18.4. The van der Waals surface area contributed by atoms with E-state index in [-0.39, 0.29) is 17.7 Å². The molecule has 0 aromatic heterocycles. The second-order valence-electron chi connectivity index (χ2n) is 11.1. The Morgan fingerprint density at radius 3 is 2.08 bits per heavy atom. The quantitative estimate of drug-likeness (QED) is 0.287. The molecule has 0 radical (unpaired) electrons. The van der Waals surface area contributed by atoms with Crippen molar-refractivity contribution in [2.75, 3.05) is 13.1 Å². The van der Waals surface area contributed by atoms with Gasteiger partial charge in [-0.05, 0) is 70.1 Å². The number of hydrogen-bond acceptors (Lipinski definition) is 4. The number of rotatable bonds is 14. The van der Waals surface area contributed by atoms with Gasteiger partial charge in [-0.2, -0.15) is 0 Å². The highest BCUT2D eigenvalue weighted by Gasteiger charge is 2.38. The third kappa shape index (κ3) is 10.4. The van der Waals surface area contributed by atoms with Gasteiger partial charge in [-0.15, -0.1) is 0 Å². The highest BCUT2D eigenvalue weighted by molar-refractivity contribution is 5.92. The summed E-state index contributed by atoms with van der Waals surface area (Å²) in [6, 6.07) is 4.33. The Morgan fingerprint density at radius 2 is 1.57 bits per heavy atom. The monoisotopic (exact) mass is 517 g/mol. The van der Waals surface area contributed by atoms with Crippen molar-refractivity contribution in [1.82, 2.24) is 15.5 Å². The molecule has 1 rings (SSSR count). The number of nitrogens with zero attached hydrogens (tertiary/aromatic N) is 1. The van der Waals surface area contributed by atoms with E-state index in [0.29, 0.717) is 19.5 Å². The summed E-state index contributed by atoms with van der Waals surface area (Å²) >= 11 is 0. The molecule has 37 heavy (non-hydrogen) atoms. The molecule has 0 aliphatic carbocycles. The molecule has 0 aliphatic rings. The number of aryl methyl sites for hydroxylation is 2. The molecule has 0 saturated carbocycles. The van der Waals surface area contributed by atoms with Crippen molar-refractivity contribution >= 4 is 17.9 Å². The van der Waals surface area contributed by atoms with E-state index < -0.39 is 23.8 Å². The fraction of sp³-hybridized carbons (Fsp3) is 0.700. The van der Waals surface area contributed by atoms with E-state index in [4.69, 9.17) is 4.74 Å². The van der Waals surface area contributed by atoms with Gasteiger partial charge in [0, 0.05) is 13.1 Å². The van der Waals surface area contributed by atoms with Gasteiger partial charge in [0.2, 0.25) is 11.8 Å². The number of nitrogens with one attached hydrogen (secondary N) is 2. The van der Waals surface area contributed by atoms with Crippen LogP contribution in [0.1, 0.15) is 110 Å². The molecule has 0 bridgehead atoms. The van der Waals surface area contributed by atoms with Crippen molar-refractivity contribution in [2.24, 2.45) is 5.92 Å². The van der Waals surface area contributed by atoms with Gasteiger partial charge in [-0.25, -0.2) is 4.79 Å². The van der Waals surface area contributed by atoms with Gasteiger partial charge >= 0.3 is 6.09 Å². The Kier molecular flexibility index (Phi) is 13.7. The van der Waals surface area contributed by atoms with Crippen molar-refractivity contribution < 1.29 is 19.1 Å². The molecule has 0 fully saturated rings. The van der Waals surface area contributed by atoms with E-state index >= 15 is 0 Å². The number of ether oxygens (including phenoxy) is 1. The molecule has 0 spiro atoms. The van der Waals surface area contributed by atoms with Crippen LogP contribution in [0, 0.1) is 19.8 Å². The number of benzene rings is 1. The van der Waals surface area contributed by atoms with Gasteiger partial charge in [0.25, 0.3) is 0 Å². The highest BCUT2D eigenvalue weighted by atomic mass is 16.6. The Hall–Kier alpha value is -2.57. The topological polar surface area (TPSA) is 87.7 Å². The minimum Gasteiger partial charge on any atom is -0.444 e. The fourth-order valence-electron chi connectivity index (χ4n) is 4.36. The van der Waals surface area contributed by atoms with Crippen LogP contribution in [0.2, 0.25) is 0 Å². The average Bonchev–Trinajstić information content (AvgIpc) is 2.82. The van der Waals surface area contributed by atoms with Crippen molar-refractivity contribution in [3.63, 3.8) is 0 Å². The summed E-state index contributed by atoms with van der Waals surface area (Å²) in [5.74, 6) is -0.585. The summed E-state index contributed by atoms with van der Waals surface area (Å²) in [5.41, 5.74) is 2.08. The minimum atomic E-state index is -0.809. The standard InChI is InChI=1S/C30H51N3O4/c1-10-13-15-19-31-27(34)26(24-22(5)17-16-18-23(24)6)33(20-14-11-2)28(35)25(21(4)12-3)32-29(36)37-30(7,8)9/h16-18,21,25-26H,10-15,19-20H2,1-9H3,(H,31,34)(H,32,36). The maximum Gasteiger partial charge on any atom is 0.408 e. The van der Waals surface area contributed by atoms with Crippen LogP contribution in [0.4, 0.5) is 4.79 Å². The number of carbonyl (C=O) groups is 3. The molecule has 0 aliphatic heterocycles. The first-order valence-electron chi connectivity index (χ1n) is 14.0. The minimum absolute atomic E-state index is 0.143. The lowest BCUT2D eigenvalue weighted by Crippen LogP contribution is -2.55. The molecule has 1 aromatic carbocycles. The predicted octanol–water partition coefficient (Wildman–Crippen LogP) is 6.22. The third-order valence-electron chi connectivity index (χ3n) is 6.64. The predicted molar refractivity (Wildman–Crippen MR) is 150 cm³/mol. The molecule has 3 atom stereocenters. The largest absolute Gasteiger partial charge is 0.444 e. The van der Waals surface area contributed by atoms with E-state index in [1.54, 1.807) is 25.7 Å². The molecule has 1 aromatic rings. The van der Waals surface area contributed by atoms with Crippen LogP contribution in [0.15, 0.2) is 18.2 Å². The highest BCUT2D eigenvalue weighted by Crippen LogP contribution is 2.30. The molecule has 3 amide bonds. The lowest BCUT2D eigenvalue weighted by atomic mass is 9.91. The zero-order valence-corrected chi connectivity index (χ0v) is 24.7. The fourth-order valence-corrected chi connectivity index (χ4v) is 4.36. The Balaban J connectivity index is 3.53. The summed E-state index contributed by atoms with van der Waals surface area (Å²) < 4.78 is 5.48. The summed E-state index contributed by atoms with van der Waals surface area (Å²) in [6.07, 6.45) is 4.65. The van der Waals surface area contributed by atoms with Gasteiger partial charge in [-0.1, -0.05) is 71.6 Å². The molecule has 7 heteroatoms. The van der Waals surface area contributed by atoms with Crippen LogP contribution in [0.5, 0.6) is 0 Å². The molecule has 210 valence electrons. The first-order chi connectivity index (χ1) is 17.4. The molecule has 7 nitrogen and oxygen atoms in total. The van der Waals surface area contributed by atoms with E-state index in [1.165, 1.54) is 0 Å². The number of alkyl carbamates (subject to hydrolysis) is 1. The van der Waals surface area contributed by atoms with Gasteiger partial charge in [0.1, 0.15) is 17.7 Å².